The highest BCUT2D eigenvalue weighted by Crippen LogP contribution is 2.26. The lowest BCUT2D eigenvalue weighted by molar-refractivity contribution is -0.141. The molecule has 8 nitrogen and oxygen atoms in total. The number of carbonyl (C=O) groups excluding carboxylic acids is 1. The number of hydrogen-bond donors (Lipinski definition) is 4. The van der Waals surface area contributed by atoms with Gasteiger partial charge in [0.2, 0.25) is 0 Å². The molecular formula is C21H21ClFN5O3. The van der Waals surface area contributed by atoms with E-state index in [1.54, 1.807) is 30.3 Å². The molecule has 162 valence electrons. The van der Waals surface area contributed by atoms with Crippen molar-refractivity contribution in [3.8, 4) is 11.1 Å². The zero-order chi connectivity index (χ0) is 22.4. The van der Waals surface area contributed by atoms with Crippen LogP contribution in [0.15, 0.2) is 48.7 Å². The van der Waals surface area contributed by atoms with E-state index in [2.05, 4.69) is 20.7 Å². The number of carbonyl (C=O) groups is 2. The second-order valence-corrected chi connectivity index (χ2v) is 7.49. The number of benzene rings is 2. The lowest BCUT2D eigenvalue weighted by Gasteiger charge is -2.21. The van der Waals surface area contributed by atoms with Gasteiger partial charge in [-0.05, 0) is 42.2 Å². The van der Waals surface area contributed by atoms with Gasteiger partial charge in [0.1, 0.15) is 5.82 Å². The number of halogens is 2. The minimum Gasteiger partial charge on any atom is -0.481 e. The summed E-state index contributed by atoms with van der Waals surface area (Å²) >= 11 is 5.97. The van der Waals surface area contributed by atoms with Crippen molar-refractivity contribution in [1.29, 1.82) is 0 Å². The maximum absolute atomic E-state index is 14.1. The SMILES string of the molecule is NCC(C[C@@H](Cc1ccc(-c2cc(Cl)ccc2F)cc1)NC(=O)c1cn[nH]n1)C(=O)O. The minimum atomic E-state index is -1.03. The summed E-state index contributed by atoms with van der Waals surface area (Å²) in [5.74, 6) is -2.71. The van der Waals surface area contributed by atoms with Crippen LogP contribution in [0.4, 0.5) is 4.39 Å². The number of rotatable bonds is 9. The van der Waals surface area contributed by atoms with Crippen molar-refractivity contribution in [2.45, 2.75) is 18.9 Å². The molecule has 2 aromatic carbocycles. The summed E-state index contributed by atoms with van der Waals surface area (Å²) in [6.07, 6.45) is 1.77. The first-order valence-electron chi connectivity index (χ1n) is 9.51. The molecule has 0 aliphatic heterocycles. The Balaban J connectivity index is 1.78. The molecule has 31 heavy (non-hydrogen) atoms. The van der Waals surface area contributed by atoms with Gasteiger partial charge in [-0.15, -0.1) is 0 Å². The molecule has 10 heteroatoms. The van der Waals surface area contributed by atoms with Crippen LogP contribution in [0, 0.1) is 11.7 Å². The third-order valence-electron chi connectivity index (χ3n) is 4.86. The molecule has 0 aliphatic carbocycles. The highest BCUT2D eigenvalue weighted by molar-refractivity contribution is 6.30. The van der Waals surface area contributed by atoms with Crippen LogP contribution in [0.1, 0.15) is 22.5 Å². The van der Waals surface area contributed by atoms with E-state index < -0.39 is 23.8 Å². The van der Waals surface area contributed by atoms with E-state index in [-0.39, 0.29) is 24.5 Å². The molecular weight excluding hydrogens is 425 g/mol. The summed E-state index contributed by atoms with van der Waals surface area (Å²) in [6, 6.07) is 10.9. The number of aliphatic carboxylic acids is 1. The lowest BCUT2D eigenvalue weighted by atomic mass is 9.94. The van der Waals surface area contributed by atoms with Gasteiger partial charge in [0.05, 0.1) is 12.1 Å². The van der Waals surface area contributed by atoms with Crippen LogP contribution in [0.5, 0.6) is 0 Å². The molecule has 2 atom stereocenters. The summed E-state index contributed by atoms with van der Waals surface area (Å²) in [6.45, 7) is -0.0569. The van der Waals surface area contributed by atoms with Crippen molar-refractivity contribution in [2.75, 3.05) is 6.54 Å². The normalized spacial score (nSPS) is 12.9. The van der Waals surface area contributed by atoms with Crippen molar-refractivity contribution >= 4 is 23.5 Å². The van der Waals surface area contributed by atoms with E-state index >= 15 is 0 Å². The number of aromatic amines is 1. The Kier molecular flexibility index (Phi) is 7.32. The lowest BCUT2D eigenvalue weighted by Crippen LogP contribution is -2.40. The zero-order valence-electron chi connectivity index (χ0n) is 16.4. The number of nitrogens with zero attached hydrogens (tertiary/aromatic N) is 2. The van der Waals surface area contributed by atoms with Crippen LogP contribution in [0.3, 0.4) is 0 Å². The standard InChI is InChI=1S/C21H21ClFN5O3/c22-15-5-6-18(23)17(9-15)13-3-1-12(2-4-13)7-16(8-14(10-24)21(30)31)26-20(29)19-11-25-28-27-19/h1-6,9,11,14,16H,7-8,10,24H2,(H,26,29)(H,30,31)(H,25,27,28)/t14?,16-/m1/s1. The fraction of sp³-hybridized carbons (Fsp3) is 0.238. The maximum atomic E-state index is 14.1. The maximum Gasteiger partial charge on any atom is 0.307 e. The summed E-state index contributed by atoms with van der Waals surface area (Å²) in [5, 5.41) is 22.3. The number of nitrogens with one attached hydrogen (secondary N) is 2. The summed E-state index contributed by atoms with van der Waals surface area (Å²) in [7, 11) is 0. The predicted octanol–water partition coefficient (Wildman–Crippen LogP) is 2.65. The number of nitrogens with two attached hydrogens (primary N) is 1. The monoisotopic (exact) mass is 445 g/mol. The van der Waals surface area contributed by atoms with Gasteiger partial charge in [0.25, 0.3) is 5.91 Å². The average Bonchev–Trinajstić information content (AvgIpc) is 3.29. The Hall–Kier alpha value is -3.30. The zero-order valence-corrected chi connectivity index (χ0v) is 17.1. The Morgan fingerprint density at radius 1 is 1.23 bits per heavy atom. The van der Waals surface area contributed by atoms with Gasteiger partial charge < -0.3 is 16.2 Å². The number of amides is 1. The molecule has 3 aromatic rings. The largest absolute Gasteiger partial charge is 0.481 e. The topological polar surface area (TPSA) is 134 Å². The van der Waals surface area contributed by atoms with Crippen molar-refractivity contribution in [1.82, 2.24) is 20.7 Å². The van der Waals surface area contributed by atoms with Crippen molar-refractivity contribution in [3.63, 3.8) is 0 Å². The van der Waals surface area contributed by atoms with Crippen LogP contribution < -0.4 is 11.1 Å². The van der Waals surface area contributed by atoms with E-state index in [4.69, 9.17) is 17.3 Å². The molecule has 0 spiro atoms. The molecule has 1 unspecified atom stereocenters. The van der Waals surface area contributed by atoms with Crippen LogP contribution in [-0.2, 0) is 11.2 Å². The van der Waals surface area contributed by atoms with Crippen LogP contribution in [0.2, 0.25) is 5.02 Å². The molecule has 0 saturated carbocycles. The first-order valence-corrected chi connectivity index (χ1v) is 9.89. The third kappa shape index (κ3) is 5.87. The van der Waals surface area contributed by atoms with Gasteiger partial charge in [-0.25, -0.2) is 4.39 Å². The van der Waals surface area contributed by atoms with Gasteiger partial charge in [0, 0.05) is 23.2 Å². The van der Waals surface area contributed by atoms with E-state index in [9.17, 15) is 19.1 Å². The summed E-state index contributed by atoms with van der Waals surface area (Å²) in [4.78, 5) is 23.8. The Morgan fingerprint density at radius 2 is 1.97 bits per heavy atom. The van der Waals surface area contributed by atoms with E-state index in [0.717, 1.165) is 5.56 Å². The van der Waals surface area contributed by atoms with E-state index in [1.807, 2.05) is 0 Å². The molecule has 0 radical (unpaired) electrons. The minimum absolute atomic E-state index is 0.0569. The number of hydrogen-bond acceptors (Lipinski definition) is 5. The van der Waals surface area contributed by atoms with Crippen molar-refractivity contribution < 1.29 is 19.1 Å². The first-order chi connectivity index (χ1) is 14.9. The number of H-pyrrole nitrogens is 1. The molecule has 0 bridgehead atoms. The molecule has 0 aliphatic rings. The van der Waals surface area contributed by atoms with Crippen molar-refractivity contribution in [3.05, 3.63) is 70.8 Å². The third-order valence-corrected chi connectivity index (χ3v) is 5.10. The van der Waals surface area contributed by atoms with Gasteiger partial charge >= 0.3 is 5.97 Å². The number of aromatic nitrogens is 3. The van der Waals surface area contributed by atoms with Gasteiger partial charge in [0.15, 0.2) is 5.69 Å². The van der Waals surface area contributed by atoms with E-state index in [0.29, 0.717) is 22.6 Å². The van der Waals surface area contributed by atoms with Gasteiger partial charge in [-0.3, -0.25) is 9.59 Å². The second-order valence-electron chi connectivity index (χ2n) is 7.06. The molecule has 0 saturated heterocycles. The molecule has 1 aromatic heterocycles. The molecule has 5 N–H and O–H groups in total. The fourth-order valence-corrected chi connectivity index (χ4v) is 3.40. The van der Waals surface area contributed by atoms with Crippen LogP contribution in [-0.4, -0.2) is 45.0 Å². The average molecular weight is 446 g/mol. The summed E-state index contributed by atoms with van der Waals surface area (Å²) < 4.78 is 14.1. The fourth-order valence-electron chi connectivity index (χ4n) is 3.23. The number of carboxylic acid groups (broad SMARTS) is 1. The number of carboxylic acids is 1. The predicted molar refractivity (Wildman–Crippen MR) is 113 cm³/mol. The molecule has 1 amide bonds. The smallest absolute Gasteiger partial charge is 0.307 e. The first kappa shape index (κ1) is 22.4. The quantitative estimate of drug-likeness (QED) is 0.400. The molecule has 1 heterocycles. The Labute approximate surface area is 182 Å². The highest BCUT2D eigenvalue weighted by atomic mass is 35.5. The van der Waals surface area contributed by atoms with Crippen LogP contribution in [0.25, 0.3) is 11.1 Å². The van der Waals surface area contributed by atoms with Gasteiger partial charge in [-0.2, -0.15) is 15.4 Å². The van der Waals surface area contributed by atoms with E-state index in [1.165, 1.54) is 18.3 Å². The summed E-state index contributed by atoms with van der Waals surface area (Å²) in [5.41, 5.74) is 7.54. The Morgan fingerprint density at radius 3 is 2.58 bits per heavy atom. The van der Waals surface area contributed by atoms with Crippen molar-refractivity contribution in [2.24, 2.45) is 11.7 Å². The molecule has 3 rings (SSSR count). The van der Waals surface area contributed by atoms with Crippen LogP contribution >= 0.6 is 11.6 Å². The highest BCUT2D eigenvalue weighted by Gasteiger charge is 2.24. The molecule has 0 fully saturated rings. The second kappa shape index (κ2) is 10.1. The van der Waals surface area contributed by atoms with Gasteiger partial charge in [-0.1, -0.05) is 35.9 Å². The Bertz CT molecular complexity index is 1040.